The molecule has 4 rings (SSSR count). The molecule has 0 unspecified atom stereocenters. The minimum Gasteiger partial charge on any atom is -0.465 e. The van der Waals surface area contributed by atoms with Gasteiger partial charge in [0.25, 0.3) is 5.91 Å². The SMILES string of the molecule is COC(=O)c1ccc(C(=O)N2CC(c3nc(-c4ncccn4)no3)C2)cc1. The summed E-state index contributed by atoms with van der Waals surface area (Å²) in [7, 11) is 1.31. The molecular weight excluding hydrogens is 350 g/mol. The maximum atomic E-state index is 12.5. The Balaban J connectivity index is 1.39. The molecule has 1 aliphatic heterocycles. The molecule has 2 aromatic heterocycles. The number of hydrogen-bond donors (Lipinski definition) is 0. The molecule has 1 amide bonds. The highest BCUT2D eigenvalue weighted by Gasteiger charge is 2.36. The van der Waals surface area contributed by atoms with Gasteiger partial charge < -0.3 is 14.2 Å². The molecule has 0 radical (unpaired) electrons. The van der Waals surface area contributed by atoms with Gasteiger partial charge in [0.2, 0.25) is 17.5 Å². The van der Waals surface area contributed by atoms with Crippen LogP contribution in [0.5, 0.6) is 0 Å². The van der Waals surface area contributed by atoms with Crippen molar-refractivity contribution in [3.8, 4) is 11.6 Å². The Morgan fingerprint density at radius 3 is 2.41 bits per heavy atom. The number of likely N-dealkylation sites (tertiary alicyclic amines) is 1. The number of esters is 1. The lowest BCUT2D eigenvalue weighted by Gasteiger charge is -2.37. The Morgan fingerprint density at radius 1 is 1.07 bits per heavy atom. The summed E-state index contributed by atoms with van der Waals surface area (Å²) in [4.78, 5) is 38.1. The first-order valence-corrected chi connectivity index (χ1v) is 8.24. The molecule has 136 valence electrons. The van der Waals surface area contributed by atoms with Gasteiger partial charge in [0, 0.05) is 31.0 Å². The molecule has 9 heteroatoms. The maximum Gasteiger partial charge on any atom is 0.337 e. The second-order valence-electron chi connectivity index (χ2n) is 6.00. The lowest BCUT2D eigenvalue weighted by atomic mass is 9.98. The van der Waals surface area contributed by atoms with E-state index in [-0.39, 0.29) is 11.8 Å². The number of aromatic nitrogens is 4. The topological polar surface area (TPSA) is 111 Å². The fourth-order valence-electron chi connectivity index (χ4n) is 2.76. The van der Waals surface area contributed by atoms with Crippen LogP contribution in [0, 0.1) is 0 Å². The highest BCUT2D eigenvalue weighted by Crippen LogP contribution is 2.28. The summed E-state index contributed by atoms with van der Waals surface area (Å²) in [5.41, 5.74) is 0.905. The Morgan fingerprint density at radius 2 is 1.74 bits per heavy atom. The second kappa shape index (κ2) is 6.94. The van der Waals surface area contributed by atoms with Crippen LogP contribution >= 0.6 is 0 Å². The highest BCUT2D eigenvalue weighted by molar-refractivity contribution is 5.96. The Bertz CT molecular complexity index is 965. The number of ether oxygens (including phenoxy) is 1. The largest absolute Gasteiger partial charge is 0.465 e. The molecule has 3 heterocycles. The molecule has 1 saturated heterocycles. The molecule has 0 N–H and O–H groups in total. The summed E-state index contributed by atoms with van der Waals surface area (Å²) >= 11 is 0. The standard InChI is InChI=1S/C18H15N5O4/c1-26-18(25)12-5-3-11(4-6-12)17(24)23-9-13(10-23)16-21-15(22-27-16)14-19-7-2-8-20-14/h2-8,13H,9-10H2,1H3. The van der Waals surface area contributed by atoms with E-state index >= 15 is 0 Å². The third-order valence-electron chi connectivity index (χ3n) is 4.28. The Hall–Kier alpha value is -3.62. The third-order valence-corrected chi connectivity index (χ3v) is 4.28. The zero-order valence-corrected chi connectivity index (χ0v) is 14.4. The fraction of sp³-hybridized carbons (Fsp3) is 0.222. The molecule has 0 spiro atoms. The Kier molecular flexibility index (Phi) is 4.33. The average molecular weight is 365 g/mol. The number of nitrogens with zero attached hydrogens (tertiary/aromatic N) is 5. The molecular formula is C18H15N5O4. The van der Waals surface area contributed by atoms with Gasteiger partial charge in [-0.1, -0.05) is 5.16 Å². The van der Waals surface area contributed by atoms with E-state index < -0.39 is 5.97 Å². The Labute approximate surface area is 154 Å². The fourth-order valence-corrected chi connectivity index (χ4v) is 2.76. The van der Waals surface area contributed by atoms with Gasteiger partial charge in [-0.15, -0.1) is 0 Å². The molecule has 0 aliphatic carbocycles. The van der Waals surface area contributed by atoms with Crippen LogP contribution in [0.3, 0.4) is 0 Å². The molecule has 1 aromatic carbocycles. The molecule has 1 aliphatic rings. The van der Waals surface area contributed by atoms with E-state index in [1.54, 1.807) is 47.6 Å². The zero-order valence-electron chi connectivity index (χ0n) is 14.4. The summed E-state index contributed by atoms with van der Waals surface area (Å²) in [5, 5.41) is 3.89. The number of methoxy groups -OCH3 is 1. The van der Waals surface area contributed by atoms with Crippen molar-refractivity contribution in [1.29, 1.82) is 0 Å². The van der Waals surface area contributed by atoms with Crippen molar-refractivity contribution in [2.45, 2.75) is 5.92 Å². The number of carbonyl (C=O) groups excluding carboxylic acids is 2. The number of amides is 1. The normalized spacial score (nSPS) is 13.9. The second-order valence-corrected chi connectivity index (χ2v) is 6.00. The van der Waals surface area contributed by atoms with Crippen LogP contribution in [0.1, 0.15) is 32.5 Å². The summed E-state index contributed by atoms with van der Waals surface area (Å²) < 4.78 is 9.93. The molecule has 0 atom stereocenters. The minimum absolute atomic E-state index is 0.0201. The summed E-state index contributed by atoms with van der Waals surface area (Å²) in [6, 6.07) is 8.07. The smallest absolute Gasteiger partial charge is 0.337 e. The van der Waals surface area contributed by atoms with Crippen molar-refractivity contribution >= 4 is 11.9 Å². The van der Waals surface area contributed by atoms with Crippen LogP contribution in [-0.2, 0) is 4.74 Å². The van der Waals surface area contributed by atoms with Crippen LogP contribution in [0.25, 0.3) is 11.6 Å². The van der Waals surface area contributed by atoms with E-state index in [9.17, 15) is 9.59 Å². The summed E-state index contributed by atoms with van der Waals surface area (Å²) in [6.45, 7) is 0.962. The first-order valence-electron chi connectivity index (χ1n) is 8.24. The van der Waals surface area contributed by atoms with Gasteiger partial charge in [-0.2, -0.15) is 4.98 Å². The highest BCUT2D eigenvalue weighted by atomic mass is 16.5. The van der Waals surface area contributed by atoms with E-state index in [2.05, 4.69) is 24.8 Å². The number of rotatable bonds is 4. The molecule has 9 nitrogen and oxygen atoms in total. The quantitative estimate of drug-likeness (QED) is 0.640. The van der Waals surface area contributed by atoms with Crippen LogP contribution in [-0.4, -0.2) is 57.1 Å². The van der Waals surface area contributed by atoms with E-state index in [1.807, 2.05) is 0 Å². The van der Waals surface area contributed by atoms with E-state index in [0.717, 1.165) is 0 Å². The summed E-state index contributed by atoms with van der Waals surface area (Å²) in [5.74, 6) is 0.608. The van der Waals surface area contributed by atoms with Gasteiger partial charge >= 0.3 is 5.97 Å². The lowest BCUT2D eigenvalue weighted by molar-refractivity contribution is 0.0564. The number of benzene rings is 1. The molecule has 0 bridgehead atoms. The van der Waals surface area contributed by atoms with Crippen molar-refractivity contribution in [3.63, 3.8) is 0 Å². The molecule has 27 heavy (non-hydrogen) atoms. The predicted octanol–water partition coefficient (Wildman–Crippen LogP) is 1.55. The van der Waals surface area contributed by atoms with Crippen molar-refractivity contribution in [3.05, 3.63) is 59.7 Å². The number of hydrogen-bond acceptors (Lipinski definition) is 8. The van der Waals surface area contributed by atoms with Gasteiger partial charge in [-0.3, -0.25) is 4.79 Å². The number of carbonyl (C=O) groups is 2. The predicted molar refractivity (Wildman–Crippen MR) is 91.8 cm³/mol. The molecule has 3 aromatic rings. The van der Waals surface area contributed by atoms with E-state index in [0.29, 0.717) is 41.8 Å². The first-order chi connectivity index (χ1) is 13.2. The first kappa shape index (κ1) is 16.8. The van der Waals surface area contributed by atoms with E-state index in [1.165, 1.54) is 7.11 Å². The van der Waals surface area contributed by atoms with Gasteiger partial charge in [0.15, 0.2) is 0 Å². The lowest BCUT2D eigenvalue weighted by Crippen LogP contribution is -2.48. The van der Waals surface area contributed by atoms with Gasteiger partial charge in [0.1, 0.15) is 0 Å². The monoisotopic (exact) mass is 365 g/mol. The van der Waals surface area contributed by atoms with Crippen LogP contribution in [0.4, 0.5) is 0 Å². The minimum atomic E-state index is -0.437. The van der Waals surface area contributed by atoms with Crippen molar-refractivity contribution in [1.82, 2.24) is 25.0 Å². The molecule has 0 saturated carbocycles. The van der Waals surface area contributed by atoms with Crippen molar-refractivity contribution < 1.29 is 18.8 Å². The average Bonchev–Trinajstić information content (AvgIpc) is 3.16. The van der Waals surface area contributed by atoms with Gasteiger partial charge in [0.05, 0.1) is 18.6 Å². The van der Waals surface area contributed by atoms with E-state index in [4.69, 9.17) is 4.52 Å². The molecule has 1 fully saturated rings. The van der Waals surface area contributed by atoms with Crippen LogP contribution in [0.2, 0.25) is 0 Å². The zero-order chi connectivity index (χ0) is 18.8. The third kappa shape index (κ3) is 3.26. The van der Waals surface area contributed by atoms with Crippen molar-refractivity contribution in [2.75, 3.05) is 20.2 Å². The van der Waals surface area contributed by atoms with Crippen molar-refractivity contribution in [2.24, 2.45) is 0 Å². The summed E-state index contributed by atoms with van der Waals surface area (Å²) in [6.07, 6.45) is 3.21. The van der Waals surface area contributed by atoms with Crippen LogP contribution < -0.4 is 0 Å². The van der Waals surface area contributed by atoms with Gasteiger partial charge in [-0.25, -0.2) is 14.8 Å². The van der Waals surface area contributed by atoms with Crippen LogP contribution in [0.15, 0.2) is 47.2 Å². The van der Waals surface area contributed by atoms with Gasteiger partial charge in [-0.05, 0) is 30.3 Å². The maximum absolute atomic E-state index is 12.5.